The molecule has 2 aromatic rings. The summed E-state index contributed by atoms with van der Waals surface area (Å²) in [6, 6.07) is 5.47. The number of carbonyl (C=O) groups is 1. The Balaban J connectivity index is 1.70. The van der Waals surface area contributed by atoms with Gasteiger partial charge in [-0.2, -0.15) is 5.10 Å². The van der Waals surface area contributed by atoms with Gasteiger partial charge in [0, 0.05) is 40.1 Å². The van der Waals surface area contributed by atoms with Crippen molar-refractivity contribution in [3.8, 4) is 0 Å². The minimum absolute atomic E-state index is 0.0635. The third-order valence-electron chi connectivity index (χ3n) is 4.03. The van der Waals surface area contributed by atoms with Crippen LogP contribution in [-0.4, -0.2) is 47.4 Å². The number of nitrogens with zero attached hydrogens (tertiary/aromatic N) is 4. The van der Waals surface area contributed by atoms with Crippen LogP contribution in [0.15, 0.2) is 30.6 Å². The van der Waals surface area contributed by atoms with Crippen LogP contribution < -0.4 is 10.2 Å². The molecular weight excluding hydrogens is 294 g/mol. The van der Waals surface area contributed by atoms with Gasteiger partial charge in [-0.3, -0.25) is 9.48 Å². The fourth-order valence-electron chi connectivity index (χ4n) is 2.73. The normalized spacial score (nSPS) is 20.5. The first kappa shape index (κ1) is 15.5. The van der Waals surface area contributed by atoms with Gasteiger partial charge in [0.2, 0.25) is 0 Å². The van der Waals surface area contributed by atoms with Crippen LogP contribution >= 0.6 is 0 Å². The summed E-state index contributed by atoms with van der Waals surface area (Å²) in [7, 11) is 5.70. The lowest BCUT2D eigenvalue weighted by Gasteiger charge is -2.20. The third-order valence-corrected chi connectivity index (χ3v) is 4.03. The van der Waals surface area contributed by atoms with E-state index in [1.807, 2.05) is 38.2 Å². The molecule has 1 saturated heterocycles. The molecule has 0 radical (unpaired) electrons. The summed E-state index contributed by atoms with van der Waals surface area (Å²) >= 11 is 0. The summed E-state index contributed by atoms with van der Waals surface area (Å²) in [5.74, 6) is 0.684. The maximum atomic E-state index is 12.4. The van der Waals surface area contributed by atoms with Crippen molar-refractivity contribution in [2.75, 3.05) is 25.6 Å². The monoisotopic (exact) mass is 315 g/mol. The Labute approximate surface area is 135 Å². The van der Waals surface area contributed by atoms with E-state index in [1.54, 1.807) is 23.1 Å². The van der Waals surface area contributed by atoms with E-state index >= 15 is 0 Å². The first-order valence-electron chi connectivity index (χ1n) is 7.60. The minimum Gasteiger partial charge on any atom is -0.370 e. The average Bonchev–Trinajstić information content (AvgIpc) is 3.15. The summed E-state index contributed by atoms with van der Waals surface area (Å²) in [5.41, 5.74) is 1.51. The summed E-state index contributed by atoms with van der Waals surface area (Å²) in [5, 5.41) is 7.22. The van der Waals surface area contributed by atoms with Gasteiger partial charge in [-0.05, 0) is 24.6 Å². The number of aromatic nitrogens is 3. The number of anilines is 1. The maximum Gasteiger partial charge on any atom is 0.253 e. The van der Waals surface area contributed by atoms with Crippen LogP contribution in [0.3, 0.4) is 0 Å². The van der Waals surface area contributed by atoms with Gasteiger partial charge < -0.3 is 15.0 Å². The smallest absolute Gasteiger partial charge is 0.253 e. The van der Waals surface area contributed by atoms with Crippen molar-refractivity contribution < 1.29 is 9.53 Å². The first-order chi connectivity index (χ1) is 11.1. The molecule has 0 aliphatic carbocycles. The lowest BCUT2D eigenvalue weighted by Crippen LogP contribution is -2.37. The average molecular weight is 315 g/mol. The Bertz CT molecular complexity index is 680. The number of aryl methyl sites for hydroxylation is 1. The number of nitrogens with one attached hydrogen (secondary N) is 1. The van der Waals surface area contributed by atoms with E-state index in [2.05, 4.69) is 15.4 Å². The molecule has 2 atom stereocenters. The third kappa shape index (κ3) is 3.19. The standard InChI is InChI=1S/C16H21N5O2/c1-20(2)14-5-4-11(10-17-14)16(22)19-12-7-9-23-15(12)13-6-8-18-21(13)3/h4-6,8,10,12,15H,7,9H2,1-3H3,(H,19,22)/t12-,15-/m0/s1. The highest BCUT2D eigenvalue weighted by molar-refractivity contribution is 5.94. The lowest BCUT2D eigenvalue weighted by atomic mass is 10.1. The van der Waals surface area contributed by atoms with Crippen LogP contribution in [0, 0.1) is 0 Å². The van der Waals surface area contributed by atoms with Gasteiger partial charge in [-0.1, -0.05) is 0 Å². The quantitative estimate of drug-likeness (QED) is 0.916. The van der Waals surface area contributed by atoms with Crippen molar-refractivity contribution >= 4 is 11.7 Å². The summed E-state index contributed by atoms with van der Waals surface area (Å²) in [6.45, 7) is 0.624. The molecule has 3 heterocycles. The molecule has 0 bridgehead atoms. The summed E-state index contributed by atoms with van der Waals surface area (Å²) in [4.78, 5) is 18.6. The van der Waals surface area contributed by atoms with E-state index in [0.717, 1.165) is 17.9 Å². The van der Waals surface area contributed by atoms with Crippen molar-refractivity contribution in [2.45, 2.75) is 18.6 Å². The van der Waals surface area contributed by atoms with E-state index in [0.29, 0.717) is 12.2 Å². The number of amides is 1. The summed E-state index contributed by atoms with van der Waals surface area (Å²) in [6.07, 6.45) is 3.95. The fraction of sp³-hybridized carbons (Fsp3) is 0.438. The van der Waals surface area contributed by atoms with Crippen molar-refractivity contribution in [3.05, 3.63) is 41.9 Å². The topological polar surface area (TPSA) is 72.3 Å². The minimum atomic E-state index is -0.166. The van der Waals surface area contributed by atoms with Crippen LogP contribution in [0.4, 0.5) is 5.82 Å². The predicted molar refractivity (Wildman–Crippen MR) is 86.3 cm³/mol. The molecule has 1 N–H and O–H groups in total. The van der Waals surface area contributed by atoms with Crippen LogP contribution in [0.25, 0.3) is 0 Å². The molecule has 1 fully saturated rings. The van der Waals surface area contributed by atoms with Crippen LogP contribution in [-0.2, 0) is 11.8 Å². The largest absolute Gasteiger partial charge is 0.370 e. The molecule has 1 aliphatic heterocycles. The number of hydrogen-bond donors (Lipinski definition) is 1. The molecule has 0 unspecified atom stereocenters. The van der Waals surface area contributed by atoms with Gasteiger partial charge in [-0.15, -0.1) is 0 Å². The zero-order valence-electron chi connectivity index (χ0n) is 13.6. The van der Waals surface area contributed by atoms with Gasteiger partial charge in [0.05, 0.1) is 17.3 Å². The highest BCUT2D eigenvalue weighted by Gasteiger charge is 2.32. The van der Waals surface area contributed by atoms with Crippen molar-refractivity contribution in [1.82, 2.24) is 20.1 Å². The van der Waals surface area contributed by atoms with Gasteiger partial charge >= 0.3 is 0 Å². The molecule has 1 aliphatic rings. The molecular formula is C16H21N5O2. The Hall–Kier alpha value is -2.41. The van der Waals surface area contributed by atoms with E-state index in [4.69, 9.17) is 4.74 Å². The fourth-order valence-corrected chi connectivity index (χ4v) is 2.73. The number of carbonyl (C=O) groups excluding carboxylic acids is 1. The Morgan fingerprint density at radius 1 is 1.39 bits per heavy atom. The number of pyridine rings is 1. The van der Waals surface area contributed by atoms with E-state index in [1.165, 1.54) is 0 Å². The number of hydrogen-bond acceptors (Lipinski definition) is 5. The molecule has 0 spiro atoms. The summed E-state index contributed by atoms with van der Waals surface area (Å²) < 4.78 is 7.56. The van der Waals surface area contributed by atoms with E-state index in [9.17, 15) is 4.79 Å². The molecule has 2 aromatic heterocycles. The van der Waals surface area contributed by atoms with Crippen LogP contribution in [0.1, 0.15) is 28.6 Å². The molecule has 7 heteroatoms. The maximum absolute atomic E-state index is 12.4. The molecule has 0 saturated carbocycles. The second-order valence-corrected chi connectivity index (χ2v) is 5.84. The Morgan fingerprint density at radius 2 is 2.22 bits per heavy atom. The Kier molecular flexibility index (Phi) is 4.29. The molecule has 122 valence electrons. The second kappa shape index (κ2) is 6.37. The second-order valence-electron chi connectivity index (χ2n) is 5.84. The SMILES string of the molecule is CN(C)c1ccc(C(=O)N[C@H]2CCO[C@@H]2c2ccnn2C)cn1. The highest BCUT2D eigenvalue weighted by atomic mass is 16.5. The van der Waals surface area contributed by atoms with E-state index < -0.39 is 0 Å². The first-order valence-corrected chi connectivity index (χ1v) is 7.60. The van der Waals surface area contributed by atoms with Gasteiger partial charge in [0.25, 0.3) is 5.91 Å². The van der Waals surface area contributed by atoms with Crippen molar-refractivity contribution in [2.24, 2.45) is 7.05 Å². The number of ether oxygens (including phenoxy) is 1. The molecule has 7 nitrogen and oxygen atoms in total. The van der Waals surface area contributed by atoms with Crippen LogP contribution in [0.5, 0.6) is 0 Å². The Morgan fingerprint density at radius 3 is 2.83 bits per heavy atom. The lowest BCUT2D eigenvalue weighted by molar-refractivity contribution is 0.0792. The zero-order valence-corrected chi connectivity index (χ0v) is 13.6. The van der Waals surface area contributed by atoms with Gasteiger partial charge in [0.15, 0.2) is 0 Å². The molecule has 1 amide bonds. The van der Waals surface area contributed by atoms with Crippen molar-refractivity contribution in [1.29, 1.82) is 0 Å². The number of rotatable bonds is 4. The van der Waals surface area contributed by atoms with Crippen molar-refractivity contribution in [3.63, 3.8) is 0 Å². The molecule has 23 heavy (non-hydrogen) atoms. The van der Waals surface area contributed by atoms with Gasteiger partial charge in [-0.25, -0.2) is 4.98 Å². The zero-order chi connectivity index (χ0) is 16.4. The molecule has 3 rings (SSSR count). The van der Waals surface area contributed by atoms with E-state index in [-0.39, 0.29) is 18.1 Å². The van der Waals surface area contributed by atoms with Crippen LogP contribution in [0.2, 0.25) is 0 Å². The predicted octanol–water partition coefficient (Wildman–Crippen LogP) is 1.14. The van der Waals surface area contributed by atoms with Gasteiger partial charge in [0.1, 0.15) is 11.9 Å². The highest BCUT2D eigenvalue weighted by Crippen LogP contribution is 2.28. The molecule has 0 aromatic carbocycles.